The molecular formula is C18H22N2. The smallest absolute Gasteiger partial charge is 0.0443 e. The van der Waals surface area contributed by atoms with Gasteiger partial charge in [0.15, 0.2) is 0 Å². The lowest BCUT2D eigenvalue weighted by molar-refractivity contribution is 0.765. The van der Waals surface area contributed by atoms with Gasteiger partial charge in [-0.3, -0.25) is 0 Å². The lowest BCUT2D eigenvalue weighted by Gasteiger charge is -2.32. The fourth-order valence-corrected chi connectivity index (χ4v) is 2.95. The Kier molecular flexibility index (Phi) is 3.49. The monoisotopic (exact) mass is 266 g/mol. The molecule has 0 amide bonds. The maximum Gasteiger partial charge on any atom is 0.0443 e. The van der Waals surface area contributed by atoms with Crippen LogP contribution < -0.4 is 10.6 Å². The number of hydrogen-bond acceptors (Lipinski definition) is 2. The quantitative estimate of drug-likeness (QED) is 0.886. The van der Waals surface area contributed by atoms with Crippen molar-refractivity contribution in [2.75, 3.05) is 11.4 Å². The van der Waals surface area contributed by atoms with Gasteiger partial charge >= 0.3 is 0 Å². The second kappa shape index (κ2) is 5.29. The summed E-state index contributed by atoms with van der Waals surface area (Å²) >= 11 is 0. The van der Waals surface area contributed by atoms with E-state index in [0.29, 0.717) is 0 Å². The highest BCUT2D eigenvalue weighted by Gasteiger charge is 2.18. The predicted octanol–water partition coefficient (Wildman–Crippen LogP) is 4.10. The van der Waals surface area contributed by atoms with Crippen LogP contribution in [0, 0.1) is 6.92 Å². The first-order chi connectivity index (χ1) is 9.65. The number of benzene rings is 2. The van der Waals surface area contributed by atoms with Gasteiger partial charge in [-0.25, -0.2) is 0 Å². The van der Waals surface area contributed by atoms with Gasteiger partial charge in [0, 0.05) is 24.0 Å². The fourth-order valence-electron chi connectivity index (χ4n) is 2.95. The molecule has 1 aliphatic heterocycles. The lowest BCUT2D eigenvalue weighted by Crippen LogP contribution is -2.24. The van der Waals surface area contributed by atoms with E-state index in [4.69, 9.17) is 5.73 Å². The van der Waals surface area contributed by atoms with Crippen molar-refractivity contribution >= 4 is 11.4 Å². The fraction of sp³-hybridized carbons (Fsp3) is 0.333. The Morgan fingerprint density at radius 2 is 1.85 bits per heavy atom. The first-order valence-electron chi connectivity index (χ1n) is 7.38. The van der Waals surface area contributed by atoms with Crippen LogP contribution in [0.1, 0.15) is 36.1 Å². The maximum atomic E-state index is 5.92. The van der Waals surface area contributed by atoms with E-state index < -0.39 is 0 Å². The molecule has 2 aromatic carbocycles. The highest BCUT2D eigenvalue weighted by Crippen LogP contribution is 2.34. The lowest BCUT2D eigenvalue weighted by atomic mass is 9.98. The maximum absolute atomic E-state index is 5.92. The van der Waals surface area contributed by atoms with Gasteiger partial charge in [-0.05, 0) is 56.0 Å². The molecule has 0 fully saturated rings. The topological polar surface area (TPSA) is 29.3 Å². The summed E-state index contributed by atoms with van der Waals surface area (Å²) in [5.41, 5.74) is 12.5. The second-order valence-corrected chi connectivity index (χ2v) is 5.77. The van der Waals surface area contributed by atoms with E-state index >= 15 is 0 Å². The summed E-state index contributed by atoms with van der Waals surface area (Å²) in [6, 6.07) is 15.5. The average molecular weight is 266 g/mol. The molecular weight excluding hydrogens is 244 g/mol. The van der Waals surface area contributed by atoms with Crippen LogP contribution >= 0.6 is 0 Å². The third-order valence-electron chi connectivity index (χ3n) is 4.08. The molecule has 2 N–H and O–H groups in total. The van der Waals surface area contributed by atoms with E-state index in [0.717, 1.165) is 6.54 Å². The van der Waals surface area contributed by atoms with Crippen molar-refractivity contribution in [2.24, 2.45) is 5.73 Å². The normalized spacial score (nSPS) is 15.8. The van der Waals surface area contributed by atoms with Gasteiger partial charge in [-0.2, -0.15) is 0 Å². The Hall–Kier alpha value is -1.80. The molecule has 20 heavy (non-hydrogen) atoms. The van der Waals surface area contributed by atoms with Crippen LogP contribution in [0.2, 0.25) is 0 Å². The first-order valence-corrected chi connectivity index (χ1v) is 7.38. The number of fused-ring (bicyclic) bond motifs is 1. The molecule has 2 nitrogen and oxygen atoms in total. The van der Waals surface area contributed by atoms with E-state index in [1.54, 1.807) is 0 Å². The van der Waals surface area contributed by atoms with Crippen molar-refractivity contribution in [3.63, 3.8) is 0 Å². The SMILES string of the molecule is Cc1ccc2c(c1)CCCN2c1ccc(C(C)N)cc1. The molecule has 1 aliphatic rings. The third kappa shape index (κ3) is 2.44. The number of anilines is 2. The average Bonchev–Trinajstić information content (AvgIpc) is 2.46. The Morgan fingerprint density at radius 1 is 1.10 bits per heavy atom. The van der Waals surface area contributed by atoms with Gasteiger partial charge in [-0.1, -0.05) is 29.8 Å². The third-order valence-corrected chi connectivity index (χ3v) is 4.08. The van der Waals surface area contributed by atoms with Crippen molar-refractivity contribution in [2.45, 2.75) is 32.7 Å². The minimum atomic E-state index is 0.0975. The number of aryl methyl sites for hydroxylation is 2. The van der Waals surface area contributed by atoms with Gasteiger partial charge in [0.25, 0.3) is 0 Å². The Balaban J connectivity index is 1.96. The van der Waals surface area contributed by atoms with E-state index in [9.17, 15) is 0 Å². The van der Waals surface area contributed by atoms with Crippen LogP contribution in [0.15, 0.2) is 42.5 Å². The van der Waals surface area contributed by atoms with Crippen molar-refractivity contribution in [3.05, 3.63) is 59.2 Å². The van der Waals surface area contributed by atoms with E-state index in [1.165, 1.54) is 40.9 Å². The summed E-state index contributed by atoms with van der Waals surface area (Å²) in [6.45, 7) is 5.28. The van der Waals surface area contributed by atoms with Crippen molar-refractivity contribution in [1.82, 2.24) is 0 Å². The molecule has 1 heterocycles. The van der Waals surface area contributed by atoms with E-state index in [1.807, 2.05) is 6.92 Å². The van der Waals surface area contributed by atoms with Crippen LogP contribution in [-0.2, 0) is 6.42 Å². The molecule has 104 valence electrons. The Bertz CT molecular complexity index is 599. The molecule has 3 rings (SSSR count). The van der Waals surface area contributed by atoms with Crippen molar-refractivity contribution < 1.29 is 0 Å². The van der Waals surface area contributed by atoms with Gasteiger partial charge in [0.1, 0.15) is 0 Å². The summed E-state index contributed by atoms with van der Waals surface area (Å²) in [4.78, 5) is 2.42. The molecule has 0 saturated carbocycles. The predicted molar refractivity (Wildman–Crippen MR) is 85.6 cm³/mol. The van der Waals surface area contributed by atoms with Gasteiger partial charge in [-0.15, -0.1) is 0 Å². The zero-order valence-electron chi connectivity index (χ0n) is 12.3. The zero-order chi connectivity index (χ0) is 14.1. The summed E-state index contributed by atoms with van der Waals surface area (Å²) in [6.07, 6.45) is 2.40. The van der Waals surface area contributed by atoms with Crippen LogP contribution in [-0.4, -0.2) is 6.54 Å². The molecule has 0 aliphatic carbocycles. The zero-order valence-corrected chi connectivity index (χ0v) is 12.3. The molecule has 2 aromatic rings. The van der Waals surface area contributed by atoms with Crippen LogP contribution in [0.3, 0.4) is 0 Å². The molecule has 2 heteroatoms. The molecule has 0 saturated heterocycles. The number of hydrogen-bond donors (Lipinski definition) is 1. The summed E-state index contributed by atoms with van der Waals surface area (Å²) in [7, 11) is 0. The minimum Gasteiger partial charge on any atom is -0.341 e. The number of rotatable bonds is 2. The Morgan fingerprint density at radius 3 is 2.55 bits per heavy atom. The van der Waals surface area contributed by atoms with Gasteiger partial charge in [0.2, 0.25) is 0 Å². The summed E-state index contributed by atoms with van der Waals surface area (Å²) < 4.78 is 0. The molecule has 1 atom stereocenters. The van der Waals surface area contributed by atoms with Crippen LogP contribution in [0.5, 0.6) is 0 Å². The standard InChI is InChI=1S/C18H22N2/c1-13-5-10-18-16(12-13)4-3-11-20(18)17-8-6-15(7-9-17)14(2)19/h5-10,12,14H,3-4,11,19H2,1-2H3. The van der Waals surface area contributed by atoms with Crippen LogP contribution in [0.4, 0.5) is 11.4 Å². The molecule has 0 spiro atoms. The first kappa shape index (κ1) is 13.2. The summed E-state index contributed by atoms with van der Waals surface area (Å²) in [5.74, 6) is 0. The highest BCUT2D eigenvalue weighted by atomic mass is 15.1. The largest absolute Gasteiger partial charge is 0.341 e. The molecule has 1 unspecified atom stereocenters. The molecule has 0 bridgehead atoms. The number of nitrogens with zero attached hydrogens (tertiary/aromatic N) is 1. The summed E-state index contributed by atoms with van der Waals surface area (Å²) in [5, 5.41) is 0. The van der Waals surface area contributed by atoms with E-state index in [2.05, 4.69) is 54.3 Å². The van der Waals surface area contributed by atoms with Gasteiger partial charge in [0.05, 0.1) is 0 Å². The van der Waals surface area contributed by atoms with E-state index in [-0.39, 0.29) is 6.04 Å². The van der Waals surface area contributed by atoms with Crippen LogP contribution in [0.25, 0.3) is 0 Å². The number of nitrogens with two attached hydrogens (primary N) is 1. The molecule has 0 radical (unpaired) electrons. The van der Waals surface area contributed by atoms with Gasteiger partial charge < -0.3 is 10.6 Å². The van der Waals surface area contributed by atoms with Crippen molar-refractivity contribution in [1.29, 1.82) is 0 Å². The highest BCUT2D eigenvalue weighted by molar-refractivity contribution is 5.68. The molecule has 0 aromatic heterocycles. The minimum absolute atomic E-state index is 0.0975. The Labute approximate surface area is 121 Å². The van der Waals surface area contributed by atoms with Crippen molar-refractivity contribution in [3.8, 4) is 0 Å². The second-order valence-electron chi connectivity index (χ2n) is 5.77.